The predicted octanol–water partition coefficient (Wildman–Crippen LogP) is 4.63. The van der Waals surface area contributed by atoms with E-state index >= 15 is 0 Å². The standard InChI is InChI=1S/C20H17Cl2N3O2/c1-11(26)23-18-4-2-12(8-16(18)22)20(27)25-7-6-14-15-9-13(21)3-5-17(15)24-19(14)10-25/h2-5,8-9,24H,6-7,10H2,1H3,(H,23,26). The number of nitrogens with zero attached hydrogens (tertiary/aromatic N) is 1. The molecule has 7 heteroatoms. The average Bonchev–Trinajstić information content (AvgIpc) is 2.99. The number of benzene rings is 2. The van der Waals surface area contributed by atoms with Crippen molar-refractivity contribution in [1.29, 1.82) is 0 Å². The van der Waals surface area contributed by atoms with Crippen LogP contribution >= 0.6 is 23.2 Å². The molecule has 1 aromatic heterocycles. The van der Waals surface area contributed by atoms with Crippen molar-refractivity contribution >= 4 is 51.6 Å². The number of hydrogen-bond donors (Lipinski definition) is 2. The van der Waals surface area contributed by atoms with Crippen molar-refractivity contribution in [3.05, 3.63) is 63.3 Å². The number of H-pyrrole nitrogens is 1. The van der Waals surface area contributed by atoms with Gasteiger partial charge < -0.3 is 15.2 Å². The van der Waals surface area contributed by atoms with E-state index in [1.807, 2.05) is 18.2 Å². The van der Waals surface area contributed by atoms with Crippen LogP contribution in [0, 0.1) is 0 Å². The first-order chi connectivity index (χ1) is 12.9. The molecule has 0 saturated heterocycles. The summed E-state index contributed by atoms with van der Waals surface area (Å²) in [5, 5.41) is 4.80. The molecule has 0 atom stereocenters. The summed E-state index contributed by atoms with van der Waals surface area (Å²) >= 11 is 12.3. The number of halogens is 2. The van der Waals surface area contributed by atoms with Gasteiger partial charge in [-0.1, -0.05) is 23.2 Å². The molecule has 1 aliphatic rings. The molecule has 0 spiro atoms. The molecule has 27 heavy (non-hydrogen) atoms. The molecule has 2 aromatic carbocycles. The number of amides is 2. The van der Waals surface area contributed by atoms with Gasteiger partial charge in [-0.3, -0.25) is 9.59 Å². The lowest BCUT2D eigenvalue weighted by molar-refractivity contribution is -0.114. The van der Waals surface area contributed by atoms with Crippen LogP contribution < -0.4 is 5.32 Å². The zero-order valence-electron chi connectivity index (χ0n) is 14.6. The minimum atomic E-state index is -0.210. The van der Waals surface area contributed by atoms with E-state index in [-0.39, 0.29) is 11.8 Å². The summed E-state index contributed by atoms with van der Waals surface area (Å²) in [5.74, 6) is -0.299. The quantitative estimate of drug-likeness (QED) is 0.657. The number of carbonyl (C=O) groups excluding carboxylic acids is 2. The Morgan fingerprint density at radius 2 is 1.96 bits per heavy atom. The molecule has 0 unspecified atom stereocenters. The maximum atomic E-state index is 12.9. The van der Waals surface area contributed by atoms with Gasteiger partial charge in [-0.05, 0) is 48.4 Å². The first-order valence-corrected chi connectivity index (χ1v) is 9.33. The summed E-state index contributed by atoms with van der Waals surface area (Å²) in [6, 6.07) is 10.7. The van der Waals surface area contributed by atoms with Crippen molar-refractivity contribution < 1.29 is 9.59 Å². The Morgan fingerprint density at radius 3 is 2.70 bits per heavy atom. The Hall–Kier alpha value is -2.50. The third-order valence-electron chi connectivity index (χ3n) is 4.75. The van der Waals surface area contributed by atoms with Crippen molar-refractivity contribution in [2.24, 2.45) is 0 Å². The minimum absolute atomic E-state index is 0.0892. The van der Waals surface area contributed by atoms with E-state index in [1.54, 1.807) is 23.1 Å². The highest BCUT2D eigenvalue weighted by Crippen LogP contribution is 2.31. The topological polar surface area (TPSA) is 65.2 Å². The van der Waals surface area contributed by atoms with E-state index in [1.165, 1.54) is 12.5 Å². The van der Waals surface area contributed by atoms with Gasteiger partial charge in [0.1, 0.15) is 0 Å². The number of anilines is 1. The van der Waals surface area contributed by atoms with Gasteiger partial charge in [0.25, 0.3) is 5.91 Å². The van der Waals surface area contributed by atoms with Gasteiger partial charge in [0.2, 0.25) is 5.91 Å². The van der Waals surface area contributed by atoms with Crippen molar-refractivity contribution in [3.63, 3.8) is 0 Å². The molecule has 0 bridgehead atoms. The van der Waals surface area contributed by atoms with Gasteiger partial charge in [-0.15, -0.1) is 0 Å². The second-order valence-electron chi connectivity index (χ2n) is 6.62. The smallest absolute Gasteiger partial charge is 0.254 e. The second kappa shape index (κ2) is 6.91. The van der Waals surface area contributed by atoms with Crippen LogP contribution in [0.3, 0.4) is 0 Å². The molecule has 0 aliphatic carbocycles. The van der Waals surface area contributed by atoms with Crippen molar-refractivity contribution in [2.75, 3.05) is 11.9 Å². The summed E-state index contributed by atoms with van der Waals surface area (Å²) in [6.45, 7) is 2.54. The number of rotatable bonds is 2. The van der Waals surface area contributed by atoms with E-state index in [4.69, 9.17) is 23.2 Å². The van der Waals surface area contributed by atoms with E-state index in [9.17, 15) is 9.59 Å². The normalized spacial score (nSPS) is 13.5. The largest absolute Gasteiger partial charge is 0.357 e. The second-order valence-corrected chi connectivity index (χ2v) is 7.47. The Kier molecular flexibility index (Phi) is 4.58. The van der Waals surface area contributed by atoms with Gasteiger partial charge in [0, 0.05) is 40.7 Å². The van der Waals surface area contributed by atoms with Crippen LogP contribution in [0.4, 0.5) is 5.69 Å². The van der Waals surface area contributed by atoms with Crippen LogP contribution in [0.2, 0.25) is 10.0 Å². The van der Waals surface area contributed by atoms with Crippen molar-refractivity contribution in [2.45, 2.75) is 19.9 Å². The Balaban J connectivity index is 1.58. The third-order valence-corrected chi connectivity index (χ3v) is 5.30. The van der Waals surface area contributed by atoms with E-state index in [0.717, 1.165) is 23.0 Å². The SMILES string of the molecule is CC(=O)Nc1ccc(C(=O)N2CCc3c([nH]c4ccc(Cl)cc34)C2)cc1Cl. The summed E-state index contributed by atoms with van der Waals surface area (Å²) in [6.07, 6.45) is 0.763. The third kappa shape index (κ3) is 3.40. The molecule has 1 aliphatic heterocycles. The lowest BCUT2D eigenvalue weighted by atomic mass is 10.0. The fourth-order valence-electron chi connectivity index (χ4n) is 3.51. The van der Waals surface area contributed by atoms with Gasteiger partial charge in [-0.25, -0.2) is 0 Å². The molecule has 2 amide bonds. The maximum absolute atomic E-state index is 12.9. The molecule has 0 fully saturated rings. The molecule has 0 saturated carbocycles. The fraction of sp³-hybridized carbons (Fsp3) is 0.200. The van der Waals surface area contributed by atoms with Gasteiger partial charge in [0.05, 0.1) is 17.3 Å². The van der Waals surface area contributed by atoms with Crippen LogP contribution in [0.1, 0.15) is 28.5 Å². The summed E-state index contributed by atoms with van der Waals surface area (Å²) in [7, 11) is 0. The lowest BCUT2D eigenvalue weighted by Gasteiger charge is -2.27. The zero-order valence-corrected chi connectivity index (χ0v) is 16.1. The minimum Gasteiger partial charge on any atom is -0.357 e. The van der Waals surface area contributed by atoms with Crippen LogP contribution in [-0.2, 0) is 17.8 Å². The molecule has 2 N–H and O–H groups in total. The van der Waals surface area contributed by atoms with E-state index < -0.39 is 0 Å². The number of fused-ring (bicyclic) bond motifs is 3. The van der Waals surface area contributed by atoms with Crippen LogP contribution in [0.5, 0.6) is 0 Å². The van der Waals surface area contributed by atoms with Crippen molar-refractivity contribution in [3.8, 4) is 0 Å². The van der Waals surface area contributed by atoms with Gasteiger partial charge in [-0.2, -0.15) is 0 Å². The molecule has 2 heterocycles. The summed E-state index contributed by atoms with van der Waals surface area (Å²) in [5.41, 5.74) is 4.27. The maximum Gasteiger partial charge on any atom is 0.254 e. The Labute approximate surface area is 166 Å². The number of aromatic nitrogens is 1. The molecule has 0 radical (unpaired) electrons. The lowest BCUT2D eigenvalue weighted by Crippen LogP contribution is -2.35. The van der Waals surface area contributed by atoms with Crippen molar-refractivity contribution in [1.82, 2.24) is 9.88 Å². The van der Waals surface area contributed by atoms with Crippen LogP contribution in [0.15, 0.2) is 36.4 Å². The van der Waals surface area contributed by atoms with Crippen LogP contribution in [-0.4, -0.2) is 28.2 Å². The highest BCUT2D eigenvalue weighted by Gasteiger charge is 2.25. The average molecular weight is 402 g/mol. The monoisotopic (exact) mass is 401 g/mol. The van der Waals surface area contributed by atoms with Gasteiger partial charge >= 0.3 is 0 Å². The zero-order chi connectivity index (χ0) is 19.1. The Bertz CT molecular complexity index is 1070. The molecule has 138 valence electrons. The highest BCUT2D eigenvalue weighted by molar-refractivity contribution is 6.34. The Morgan fingerprint density at radius 1 is 1.15 bits per heavy atom. The summed E-state index contributed by atoms with van der Waals surface area (Å²) in [4.78, 5) is 29.3. The first kappa shape index (κ1) is 17.9. The summed E-state index contributed by atoms with van der Waals surface area (Å²) < 4.78 is 0. The number of hydrogen-bond acceptors (Lipinski definition) is 2. The number of carbonyl (C=O) groups is 2. The molecule has 5 nitrogen and oxygen atoms in total. The number of aromatic amines is 1. The molecular formula is C20H17Cl2N3O2. The van der Waals surface area contributed by atoms with Gasteiger partial charge in [0.15, 0.2) is 0 Å². The van der Waals surface area contributed by atoms with E-state index in [0.29, 0.717) is 34.4 Å². The fourth-order valence-corrected chi connectivity index (χ4v) is 3.91. The molecular weight excluding hydrogens is 385 g/mol. The molecule has 3 aromatic rings. The van der Waals surface area contributed by atoms with Crippen LogP contribution in [0.25, 0.3) is 10.9 Å². The predicted molar refractivity (Wildman–Crippen MR) is 108 cm³/mol. The first-order valence-electron chi connectivity index (χ1n) is 8.58. The van der Waals surface area contributed by atoms with E-state index in [2.05, 4.69) is 10.3 Å². The highest BCUT2D eigenvalue weighted by atomic mass is 35.5. The number of nitrogens with one attached hydrogen (secondary N) is 2. The molecule has 4 rings (SSSR count).